The fraction of sp³-hybridized carbons (Fsp3) is 0.316. The van der Waals surface area contributed by atoms with Crippen molar-refractivity contribution in [3.8, 4) is 17.2 Å². The van der Waals surface area contributed by atoms with Crippen molar-refractivity contribution in [2.45, 2.75) is 13.0 Å². The number of carbonyl (C=O) groups is 1. The molecule has 0 radical (unpaired) electrons. The molecule has 1 amide bonds. The van der Waals surface area contributed by atoms with Gasteiger partial charge in [-0.1, -0.05) is 24.3 Å². The summed E-state index contributed by atoms with van der Waals surface area (Å²) in [5.41, 5.74) is -0.172. The SMILES string of the molecule is CCN(CC1COc2ccccc2O1)C(=O)COc1ccccc1[N+](=O)[O-]. The minimum Gasteiger partial charge on any atom is -0.486 e. The number of fused-ring (bicyclic) bond motifs is 1. The van der Waals surface area contributed by atoms with Crippen LogP contribution in [0, 0.1) is 10.1 Å². The molecule has 27 heavy (non-hydrogen) atoms. The molecule has 1 aliphatic heterocycles. The molecule has 0 N–H and O–H groups in total. The Hall–Kier alpha value is -3.29. The Labute approximate surface area is 156 Å². The molecule has 0 fully saturated rings. The molecule has 1 atom stereocenters. The summed E-state index contributed by atoms with van der Waals surface area (Å²) >= 11 is 0. The van der Waals surface area contributed by atoms with Crippen LogP contribution in [0.5, 0.6) is 17.2 Å². The monoisotopic (exact) mass is 372 g/mol. The van der Waals surface area contributed by atoms with Crippen molar-refractivity contribution >= 4 is 11.6 Å². The number of likely N-dealkylation sites (N-methyl/N-ethyl adjacent to an activating group) is 1. The highest BCUT2D eigenvalue weighted by molar-refractivity contribution is 5.78. The van der Waals surface area contributed by atoms with Gasteiger partial charge < -0.3 is 19.1 Å². The molecule has 0 aromatic heterocycles. The van der Waals surface area contributed by atoms with E-state index in [2.05, 4.69) is 0 Å². The standard InChI is InChI=1S/C19H20N2O6/c1-2-20(11-14-12-25-17-9-5-6-10-18(17)27-14)19(22)13-26-16-8-4-3-7-15(16)21(23)24/h3-10,14H,2,11-13H2,1H3. The minimum absolute atomic E-state index is 0.0677. The molecule has 0 saturated heterocycles. The van der Waals surface area contributed by atoms with Crippen molar-refractivity contribution in [1.82, 2.24) is 4.90 Å². The van der Waals surface area contributed by atoms with Crippen LogP contribution in [0.4, 0.5) is 5.69 Å². The first-order chi connectivity index (χ1) is 13.1. The number of carbonyl (C=O) groups excluding carboxylic acids is 1. The smallest absolute Gasteiger partial charge is 0.310 e. The second-order valence-electron chi connectivity index (χ2n) is 5.94. The van der Waals surface area contributed by atoms with Crippen molar-refractivity contribution < 1.29 is 23.9 Å². The Morgan fingerprint density at radius 3 is 2.67 bits per heavy atom. The van der Waals surface area contributed by atoms with E-state index in [4.69, 9.17) is 14.2 Å². The molecule has 142 valence electrons. The van der Waals surface area contributed by atoms with E-state index < -0.39 is 4.92 Å². The molecule has 2 aromatic rings. The summed E-state index contributed by atoms with van der Waals surface area (Å²) < 4.78 is 16.9. The van der Waals surface area contributed by atoms with Crippen molar-refractivity contribution in [3.05, 3.63) is 58.6 Å². The molecule has 1 unspecified atom stereocenters. The summed E-state index contributed by atoms with van der Waals surface area (Å²) in [6, 6.07) is 13.3. The number of hydrogen-bond acceptors (Lipinski definition) is 6. The van der Waals surface area contributed by atoms with Crippen LogP contribution >= 0.6 is 0 Å². The maximum Gasteiger partial charge on any atom is 0.310 e. The molecule has 0 aliphatic carbocycles. The summed E-state index contributed by atoms with van der Waals surface area (Å²) in [6.45, 7) is 2.69. The van der Waals surface area contributed by atoms with E-state index in [-0.39, 0.29) is 30.1 Å². The van der Waals surface area contributed by atoms with Crippen molar-refractivity contribution in [2.75, 3.05) is 26.3 Å². The zero-order valence-corrected chi connectivity index (χ0v) is 14.9. The number of hydrogen-bond donors (Lipinski definition) is 0. The molecule has 0 spiro atoms. The van der Waals surface area contributed by atoms with Gasteiger partial charge in [-0.3, -0.25) is 14.9 Å². The first-order valence-corrected chi connectivity index (χ1v) is 8.61. The Kier molecular flexibility index (Phi) is 5.75. The van der Waals surface area contributed by atoms with Crippen LogP contribution in [0.2, 0.25) is 0 Å². The average molecular weight is 372 g/mol. The van der Waals surface area contributed by atoms with Gasteiger partial charge in [-0.2, -0.15) is 0 Å². The summed E-state index contributed by atoms with van der Waals surface area (Å²) in [5.74, 6) is 1.12. The Balaban J connectivity index is 1.58. The lowest BCUT2D eigenvalue weighted by Crippen LogP contribution is -2.45. The minimum atomic E-state index is -0.540. The summed E-state index contributed by atoms with van der Waals surface area (Å²) in [7, 11) is 0. The van der Waals surface area contributed by atoms with Gasteiger partial charge in [-0.05, 0) is 25.1 Å². The van der Waals surface area contributed by atoms with E-state index in [1.807, 2.05) is 31.2 Å². The van der Waals surface area contributed by atoms with Crippen molar-refractivity contribution in [3.63, 3.8) is 0 Å². The zero-order chi connectivity index (χ0) is 19.2. The summed E-state index contributed by atoms with van der Waals surface area (Å²) in [6.07, 6.45) is -0.296. The predicted octanol–water partition coefficient (Wildman–Crippen LogP) is 2.66. The van der Waals surface area contributed by atoms with Gasteiger partial charge in [-0.15, -0.1) is 0 Å². The first-order valence-electron chi connectivity index (χ1n) is 8.61. The van der Waals surface area contributed by atoms with Gasteiger partial charge in [0.2, 0.25) is 0 Å². The lowest BCUT2D eigenvalue weighted by molar-refractivity contribution is -0.385. The van der Waals surface area contributed by atoms with E-state index >= 15 is 0 Å². The second-order valence-corrected chi connectivity index (χ2v) is 5.94. The number of ether oxygens (including phenoxy) is 3. The fourth-order valence-electron chi connectivity index (χ4n) is 2.77. The molecule has 1 heterocycles. The zero-order valence-electron chi connectivity index (χ0n) is 14.9. The third kappa shape index (κ3) is 4.46. The average Bonchev–Trinajstić information content (AvgIpc) is 2.70. The number of para-hydroxylation sites is 4. The van der Waals surface area contributed by atoms with Crippen LogP contribution in [0.15, 0.2) is 48.5 Å². The van der Waals surface area contributed by atoms with Crippen LogP contribution in [0.25, 0.3) is 0 Å². The van der Waals surface area contributed by atoms with E-state index in [1.54, 1.807) is 17.0 Å². The number of nitro benzene ring substituents is 1. The molecule has 2 aromatic carbocycles. The van der Waals surface area contributed by atoms with Gasteiger partial charge in [0, 0.05) is 12.6 Å². The number of benzene rings is 2. The molecule has 0 bridgehead atoms. The fourth-order valence-corrected chi connectivity index (χ4v) is 2.77. The summed E-state index contributed by atoms with van der Waals surface area (Å²) in [5, 5.41) is 11.0. The van der Waals surface area contributed by atoms with E-state index in [9.17, 15) is 14.9 Å². The highest BCUT2D eigenvalue weighted by atomic mass is 16.6. The first kappa shape index (κ1) is 18.5. The highest BCUT2D eigenvalue weighted by Gasteiger charge is 2.25. The van der Waals surface area contributed by atoms with Gasteiger partial charge in [-0.25, -0.2) is 0 Å². The van der Waals surface area contributed by atoms with Crippen LogP contribution in [0.1, 0.15) is 6.92 Å². The molecular formula is C19H20N2O6. The van der Waals surface area contributed by atoms with E-state index in [1.165, 1.54) is 12.1 Å². The van der Waals surface area contributed by atoms with Crippen LogP contribution in [-0.2, 0) is 4.79 Å². The third-order valence-electron chi connectivity index (χ3n) is 4.14. The van der Waals surface area contributed by atoms with Gasteiger partial charge >= 0.3 is 5.69 Å². The maximum absolute atomic E-state index is 12.5. The van der Waals surface area contributed by atoms with Gasteiger partial charge in [0.05, 0.1) is 11.5 Å². The summed E-state index contributed by atoms with van der Waals surface area (Å²) in [4.78, 5) is 24.5. The molecule has 0 saturated carbocycles. The largest absolute Gasteiger partial charge is 0.486 e. The Bertz CT molecular complexity index is 825. The van der Waals surface area contributed by atoms with Crippen molar-refractivity contribution in [1.29, 1.82) is 0 Å². The molecular weight excluding hydrogens is 352 g/mol. The van der Waals surface area contributed by atoms with Gasteiger partial charge in [0.1, 0.15) is 6.61 Å². The number of amides is 1. The highest BCUT2D eigenvalue weighted by Crippen LogP contribution is 2.31. The van der Waals surface area contributed by atoms with Crippen LogP contribution in [0.3, 0.4) is 0 Å². The van der Waals surface area contributed by atoms with Gasteiger partial charge in [0.25, 0.3) is 5.91 Å². The lowest BCUT2D eigenvalue weighted by Gasteiger charge is -2.30. The number of rotatable bonds is 7. The van der Waals surface area contributed by atoms with Crippen LogP contribution < -0.4 is 14.2 Å². The second kappa shape index (κ2) is 8.39. The molecule has 8 nitrogen and oxygen atoms in total. The lowest BCUT2D eigenvalue weighted by atomic mass is 10.2. The molecule has 3 rings (SSSR count). The van der Waals surface area contributed by atoms with Crippen molar-refractivity contribution in [2.24, 2.45) is 0 Å². The molecule has 1 aliphatic rings. The molecule has 8 heteroatoms. The number of nitrogens with zero attached hydrogens (tertiary/aromatic N) is 2. The normalized spacial score (nSPS) is 15.1. The Morgan fingerprint density at radius 2 is 1.93 bits per heavy atom. The Morgan fingerprint density at radius 1 is 1.22 bits per heavy atom. The van der Waals surface area contributed by atoms with Gasteiger partial charge in [0.15, 0.2) is 30.0 Å². The predicted molar refractivity (Wildman–Crippen MR) is 97.2 cm³/mol. The third-order valence-corrected chi connectivity index (χ3v) is 4.14. The maximum atomic E-state index is 12.5. The van der Waals surface area contributed by atoms with E-state index in [0.717, 1.165) is 0 Å². The quantitative estimate of drug-likeness (QED) is 0.548. The number of nitro groups is 1. The van der Waals surface area contributed by atoms with E-state index in [0.29, 0.717) is 31.2 Å². The topological polar surface area (TPSA) is 91.1 Å². The van der Waals surface area contributed by atoms with Crippen LogP contribution in [-0.4, -0.2) is 48.1 Å².